The summed E-state index contributed by atoms with van der Waals surface area (Å²) in [5.41, 5.74) is 2.68. The molecular weight excluding hydrogens is 410 g/mol. The predicted molar refractivity (Wildman–Crippen MR) is 119 cm³/mol. The maximum absolute atomic E-state index is 13.2. The lowest BCUT2D eigenvalue weighted by atomic mass is 9.93. The van der Waals surface area contributed by atoms with Gasteiger partial charge in [0.05, 0.1) is 30.4 Å². The number of nitrogens with zero attached hydrogens (tertiary/aromatic N) is 1. The summed E-state index contributed by atoms with van der Waals surface area (Å²) in [6.45, 7) is 4.61. The van der Waals surface area contributed by atoms with E-state index >= 15 is 0 Å². The molecular formula is C25H27NO6. The zero-order valence-electron chi connectivity index (χ0n) is 18.4. The first-order valence-corrected chi connectivity index (χ1v) is 10.7. The van der Waals surface area contributed by atoms with Crippen molar-refractivity contribution < 1.29 is 29.3 Å². The number of hydrogen-bond acceptors (Lipinski definition) is 6. The van der Waals surface area contributed by atoms with Crippen LogP contribution in [0, 0.1) is 13.8 Å². The number of ketones is 1. The van der Waals surface area contributed by atoms with E-state index in [4.69, 9.17) is 9.47 Å². The van der Waals surface area contributed by atoms with Crippen LogP contribution < -0.4 is 4.74 Å². The van der Waals surface area contributed by atoms with Crippen molar-refractivity contribution in [3.8, 4) is 11.5 Å². The van der Waals surface area contributed by atoms with E-state index in [2.05, 4.69) is 0 Å². The third-order valence-corrected chi connectivity index (χ3v) is 6.05. The molecule has 2 aromatic rings. The van der Waals surface area contributed by atoms with Gasteiger partial charge in [-0.15, -0.1) is 0 Å². The molecule has 0 aromatic heterocycles. The Kier molecular flexibility index (Phi) is 5.93. The molecule has 2 unspecified atom stereocenters. The minimum atomic E-state index is -0.801. The highest BCUT2D eigenvalue weighted by atomic mass is 16.5. The number of amides is 1. The number of benzene rings is 2. The Morgan fingerprint density at radius 2 is 1.91 bits per heavy atom. The number of methoxy groups -OCH3 is 1. The highest BCUT2D eigenvalue weighted by molar-refractivity contribution is 6.46. The second-order valence-electron chi connectivity index (χ2n) is 8.34. The molecule has 32 heavy (non-hydrogen) atoms. The Balaban J connectivity index is 1.89. The van der Waals surface area contributed by atoms with Crippen LogP contribution >= 0.6 is 0 Å². The van der Waals surface area contributed by atoms with Crippen molar-refractivity contribution in [1.29, 1.82) is 0 Å². The fraction of sp³-hybridized carbons (Fsp3) is 0.360. The second-order valence-corrected chi connectivity index (χ2v) is 8.34. The van der Waals surface area contributed by atoms with E-state index in [0.29, 0.717) is 23.5 Å². The molecule has 2 aliphatic heterocycles. The molecule has 0 spiro atoms. The summed E-state index contributed by atoms with van der Waals surface area (Å²) >= 11 is 0. The number of hydrogen-bond donors (Lipinski definition) is 2. The normalized spacial score (nSPS) is 22.5. The van der Waals surface area contributed by atoms with Crippen LogP contribution in [-0.4, -0.2) is 53.2 Å². The maximum Gasteiger partial charge on any atom is 0.295 e. The zero-order chi connectivity index (χ0) is 23.0. The standard InChI is InChI=1S/C25H27NO6/c1-14-11-15(2)24(31-3)19(12-14)22(28)20-21(16-6-8-17(27)9-7-16)26(25(30)23(20)29)13-18-5-4-10-32-18/h6-9,11-12,18,21,27-28H,4-5,10,13H2,1-3H3/b22-20+. The van der Waals surface area contributed by atoms with E-state index < -0.39 is 17.7 Å². The fourth-order valence-electron chi connectivity index (χ4n) is 4.63. The molecule has 2 atom stereocenters. The van der Waals surface area contributed by atoms with Crippen LogP contribution in [0.3, 0.4) is 0 Å². The van der Waals surface area contributed by atoms with Crippen molar-refractivity contribution in [3.05, 3.63) is 64.2 Å². The highest BCUT2D eigenvalue weighted by Crippen LogP contribution is 2.42. The summed E-state index contributed by atoms with van der Waals surface area (Å²) in [5, 5.41) is 21.1. The smallest absolute Gasteiger partial charge is 0.295 e. The van der Waals surface area contributed by atoms with E-state index in [1.807, 2.05) is 19.9 Å². The van der Waals surface area contributed by atoms with E-state index in [0.717, 1.165) is 24.0 Å². The summed E-state index contributed by atoms with van der Waals surface area (Å²) in [6, 6.07) is 9.16. The number of carbonyl (C=O) groups excluding carboxylic acids is 2. The number of rotatable bonds is 5. The van der Waals surface area contributed by atoms with E-state index in [-0.39, 0.29) is 29.7 Å². The van der Waals surface area contributed by atoms with Crippen LogP contribution in [0.15, 0.2) is 42.0 Å². The van der Waals surface area contributed by atoms with Crippen molar-refractivity contribution in [2.45, 2.75) is 38.8 Å². The van der Waals surface area contributed by atoms with Crippen molar-refractivity contribution in [3.63, 3.8) is 0 Å². The molecule has 0 aliphatic carbocycles. The summed E-state index contributed by atoms with van der Waals surface area (Å²) in [7, 11) is 1.50. The highest BCUT2D eigenvalue weighted by Gasteiger charge is 2.47. The first-order valence-electron chi connectivity index (χ1n) is 10.7. The molecule has 1 amide bonds. The van der Waals surface area contributed by atoms with Crippen molar-refractivity contribution in [2.24, 2.45) is 0 Å². The van der Waals surface area contributed by atoms with Crippen LogP contribution in [0.2, 0.25) is 0 Å². The Hall–Kier alpha value is -3.32. The van der Waals surface area contributed by atoms with Gasteiger partial charge in [0.25, 0.3) is 11.7 Å². The molecule has 2 aromatic carbocycles. The minimum Gasteiger partial charge on any atom is -0.508 e. The van der Waals surface area contributed by atoms with Crippen LogP contribution in [0.5, 0.6) is 11.5 Å². The number of likely N-dealkylation sites (tertiary alicyclic amines) is 1. The molecule has 0 radical (unpaired) electrons. The lowest BCUT2D eigenvalue weighted by molar-refractivity contribution is -0.140. The Bertz CT molecular complexity index is 1080. The number of Topliss-reactive ketones (excluding diaryl/α,β-unsaturated/α-hetero) is 1. The monoisotopic (exact) mass is 437 g/mol. The molecule has 2 aliphatic rings. The largest absolute Gasteiger partial charge is 0.508 e. The van der Waals surface area contributed by atoms with Crippen LogP contribution in [0.4, 0.5) is 0 Å². The van der Waals surface area contributed by atoms with Gasteiger partial charge in [-0.05, 0) is 61.6 Å². The van der Waals surface area contributed by atoms with Crippen molar-refractivity contribution >= 4 is 17.4 Å². The van der Waals surface area contributed by atoms with Gasteiger partial charge in [-0.1, -0.05) is 18.2 Å². The topological polar surface area (TPSA) is 96.3 Å². The number of aliphatic hydroxyl groups excluding tert-OH is 1. The van der Waals surface area contributed by atoms with Gasteiger partial charge in [0.15, 0.2) is 0 Å². The van der Waals surface area contributed by atoms with Gasteiger partial charge < -0.3 is 24.6 Å². The zero-order valence-corrected chi connectivity index (χ0v) is 18.4. The van der Waals surface area contributed by atoms with E-state index in [1.165, 1.54) is 24.1 Å². The third kappa shape index (κ3) is 3.84. The number of carbonyl (C=O) groups is 2. The quantitative estimate of drug-likeness (QED) is 0.421. The summed E-state index contributed by atoms with van der Waals surface area (Å²) < 4.78 is 11.2. The van der Waals surface area contributed by atoms with E-state index in [1.54, 1.807) is 18.2 Å². The molecule has 168 valence electrons. The van der Waals surface area contributed by atoms with Crippen LogP contribution in [0.25, 0.3) is 5.76 Å². The van der Waals surface area contributed by atoms with E-state index in [9.17, 15) is 19.8 Å². The number of ether oxygens (including phenoxy) is 2. The maximum atomic E-state index is 13.2. The average molecular weight is 437 g/mol. The Morgan fingerprint density at radius 3 is 2.53 bits per heavy atom. The predicted octanol–water partition coefficient (Wildman–Crippen LogP) is 3.62. The molecule has 7 heteroatoms. The van der Waals surface area contributed by atoms with Gasteiger partial charge in [0.2, 0.25) is 0 Å². The molecule has 2 saturated heterocycles. The van der Waals surface area contributed by atoms with Gasteiger partial charge in [-0.25, -0.2) is 0 Å². The van der Waals surface area contributed by atoms with Crippen molar-refractivity contribution in [1.82, 2.24) is 4.90 Å². The van der Waals surface area contributed by atoms with Crippen LogP contribution in [0.1, 0.15) is 41.1 Å². The molecule has 2 fully saturated rings. The summed E-state index contributed by atoms with van der Waals surface area (Å²) in [4.78, 5) is 27.7. The lowest BCUT2D eigenvalue weighted by Crippen LogP contribution is -2.36. The first-order chi connectivity index (χ1) is 15.3. The number of aliphatic hydroxyl groups is 1. The number of aryl methyl sites for hydroxylation is 2. The van der Waals surface area contributed by atoms with Gasteiger partial charge in [0, 0.05) is 13.2 Å². The van der Waals surface area contributed by atoms with Gasteiger partial charge in [-0.3, -0.25) is 9.59 Å². The Morgan fingerprint density at radius 1 is 1.19 bits per heavy atom. The SMILES string of the molecule is COc1c(C)cc(C)cc1/C(O)=C1\C(=O)C(=O)N(CC2CCCO2)C1c1ccc(O)cc1. The second kappa shape index (κ2) is 8.67. The molecule has 7 nitrogen and oxygen atoms in total. The molecule has 2 N–H and O–H groups in total. The first kappa shape index (κ1) is 21.9. The van der Waals surface area contributed by atoms with Gasteiger partial charge in [-0.2, -0.15) is 0 Å². The molecule has 4 rings (SSSR count). The van der Waals surface area contributed by atoms with Crippen LogP contribution in [-0.2, 0) is 14.3 Å². The molecule has 0 saturated carbocycles. The number of phenols is 1. The molecule has 0 bridgehead atoms. The summed E-state index contributed by atoms with van der Waals surface area (Å²) in [6.07, 6.45) is 1.54. The third-order valence-electron chi connectivity index (χ3n) is 6.05. The van der Waals surface area contributed by atoms with Gasteiger partial charge in [0.1, 0.15) is 17.3 Å². The van der Waals surface area contributed by atoms with Crippen molar-refractivity contribution in [2.75, 3.05) is 20.3 Å². The summed E-state index contributed by atoms with van der Waals surface area (Å²) in [5.74, 6) is -1.19. The lowest BCUT2D eigenvalue weighted by Gasteiger charge is -2.27. The number of aromatic hydroxyl groups is 1. The fourth-order valence-corrected chi connectivity index (χ4v) is 4.63. The Labute approximate surface area is 186 Å². The number of phenolic OH excluding ortho intramolecular Hbond substituents is 1. The molecule has 2 heterocycles. The van der Waals surface area contributed by atoms with Gasteiger partial charge >= 0.3 is 0 Å². The minimum absolute atomic E-state index is 0.00184. The average Bonchev–Trinajstić information content (AvgIpc) is 3.36.